The summed E-state index contributed by atoms with van der Waals surface area (Å²) in [4.78, 5) is 0. The van der Waals surface area contributed by atoms with E-state index in [2.05, 4.69) is 30.5 Å². The topological polar surface area (TPSA) is 4.93 Å². The molecular weight excluding hydrogens is 158 g/mol. The first-order valence-corrected chi connectivity index (χ1v) is 5.43. The third-order valence-electron chi connectivity index (χ3n) is 3.27. The zero-order chi connectivity index (χ0) is 9.26. The minimum Gasteiger partial charge on any atom is -0.346 e. The number of rotatable bonds is 1. The number of aryl methyl sites for hydroxylation is 2. The van der Waals surface area contributed by atoms with Crippen molar-refractivity contribution < 1.29 is 0 Å². The molecule has 0 bridgehead atoms. The third-order valence-corrected chi connectivity index (χ3v) is 3.27. The van der Waals surface area contributed by atoms with Gasteiger partial charge in [0.15, 0.2) is 0 Å². The second-order valence-electron chi connectivity index (χ2n) is 4.28. The van der Waals surface area contributed by atoms with Crippen LogP contribution >= 0.6 is 0 Å². The first-order chi connectivity index (χ1) is 6.29. The molecule has 72 valence electrons. The zero-order valence-corrected chi connectivity index (χ0v) is 8.71. The Labute approximate surface area is 80.8 Å². The minimum absolute atomic E-state index is 0.795. The second kappa shape index (κ2) is 3.57. The summed E-state index contributed by atoms with van der Waals surface area (Å²) in [5.74, 6) is 0. The molecule has 1 aromatic heterocycles. The molecule has 1 nitrogen and oxygen atoms in total. The summed E-state index contributed by atoms with van der Waals surface area (Å²) in [5, 5.41) is 0. The number of nitrogens with zero attached hydrogens (tertiary/aromatic N) is 1. The van der Waals surface area contributed by atoms with E-state index >= 15 is 0 Å². The average Bonchev–Trinajstić information content (AvgIpc) is 2.48. The molecule has 1 aliphatic carbocycles. The standard InChI is InChI=1S/C12H19N/c1-10-8-9-11(2)13(10)12-6-4-3-5-7-12/h8-9,12H,3-7H2,1-2H3. The molecular formula is C12H19N. The van der Waals surface area contributed by atoms with E-state index < -0.39 is 0 Å². The van der Waals surface area contributed by atoms with Gasteiger partial charge in [0.25, 0.3) is 0 Å². The van der Waals surface area contributed by atoms with Crippen LogP contribution in [-0.4, -0.2) is 4.57 Å². The molecule has 2 rings (SSSR count). The summed E-state index contributed by atoms with van der Waals surface area (Å²) in [6.45, 7) is 4.45. The van der Waals surface area contributed by atoms with Gasteiger partial charge in [-0.25, -0.2) is 0 Å². The molecule has 1 saturated carbocycles. The highest BCUT2D eigenvalue weighted by Gasteiger charge is 2.16. The van der Waals surface area contributed by atoms with Gasteiger partial charge in [0.05, 0.1) is 0 Å². The minimum atomic E-state index is 0.795. The highest BCUT2D eigenvalue weighted by Crippen LogP contribution is 2.30. The Morgan fingerprint density at radius 1 is 1.00 bits per heavy atom. The van der Waals surface area contributed by atoms with Crippen molar-refractivity contribution in [3.63, 3.8) is 0 Å². The summed E-state index contributed by atoms with van der Waals surface area (Å²) >= 11 is 0. The third kappa shape index (κ3) is 1.65. The number of hydrogen-bond acceptors (Lipinski definition) is 0. The lowest BCUT2D eigenvalue weighted by Gasteiger charge is -2.26. The SMILES string of the molecule is Cc1ccc(C)n1C1CCCCC1. The van der Waals surface area contributed by atoms with Crippen molar-refractivity contribution in [2.24, 2.45) is 0 Å². The molecule has 0 spiro atoms. The molecule has 1 heterocycles. The molecule has 0 atom stereocenters. The molecule has 0 aliphatic heterocycles. The zero-order valence-electron chi connectivity index (χ0n) is 8.71. The van der Waals surface area contributed by atoms with Crippen molar-refractivity contribution in [1.29, 1.82) is 0 Å². The highest BCUT2D eigenvalue weighted by atomic mass is 15.0. The van der Waals surface area contributed by atoms with Gasteiger partial charge < -0.3 is 4.57 Å². The van der Waals surface area contributed by atoms with Gasteiger partial charge in [-0.15, -0.1) is 0 Å². The van der Waals surface area contributed by atoms with E-state index in [9.17, 15) is 0 Å². The van der Waals surface area contributed by atoms with Gasteiger partial charge in [0, 0.05) is 17.4 Å². The fourth-order valence-electron chi connectivity index (χ4n) is 2.60. The predicted molar refractivity (Wildman–Crippen MR) is 56.0 cm³/mol. The van der Waals surface area contributed by atoms with Gasteiger partial charge in [0.1, 0.15) is 0 Å². The molecule has 13 heavy (non-hydrogen) atoms. The van der Waals surface area contributed by atoms with E-state index in [4.69, 9.17) is 0 Å². The van der Waals surface area contributed by atoms with Crippen LogP contribution in [0.25, 0.3) is 0 Å². The van der Waals surface area contributed by atoms with E-state index in [0.29, 0.717) is 0 Å². The summed E-state index contributed by atoms with van der Waals surface area (Å²) in [6, 6.07) is 5.28. The predicted octanol–water partition coefficient (Wildman–Crippen LogP) is 3.61. The van der Waals surface area contributed by atoms with Crippen LogP contribution in [0, 0.1) is 13.8 Å². The van der Waals surface area contributed by atoms with Crippen LogP contribution < -0.4 is 0 Å². The summed E-state index contributed by atoms with van der Waals surface area (Å²) in [7, 11) is 0. The summed E-state index contributed by atoms with van der Waals surface area (Å²) in [5.41, 5.74) is 2.87. The lowest BCUT2D eigenvalue weighted by molar-refractivity contribution is 0.346. The van der Waals surface area contributed by atoms with Crippen LogP contribution in [0.1, 0.15) is 49.5 Å². The first-order valence-electron chi connectivity index (χ1n) is 5.43. The summed E-state index contributed by atoms with van der Waals surface area (Å²) in [6.07, 6.45) is 7.05. The molecule has 0 aromatic carbocycles. The van der Waals surface area contributed by atoms with Crippen LogP contribution in [0.4, 0.5) is 0 Å². The molecule has 1 aromatic rings. The molecule has 0 saturated heterocycles. The van der Waals surface area contributed by atoms with Crippen molar-refractivity contribution >= 4 is 0 Å². The van der Waals surface area contributed by atoms with Crippen LogP contribution in [0.3, 0.4) is 0 Å². The molecule has 0 N–H and O–H groups in total. The molecule has 0 radical (unpaired) electrons. The van der Waals surface area contributed by atoms with Gasteiger partial charge in [-0.05, 0) is 38.8 Å². The molecule has 1 fully saturated rings. The van der Waals surface area contributed by atoms with E-state index in [0.717, 1.165) is 6.04 Å². The van der Waals surface area contributed by atoms with Crippen molar-refractivity contribution in [3.05, 3.63) is 23.5 Å². The Kier molecular flexibility index (Phi) is 2.43. The highest BCUT2D eigenvalue weighted by molar-refractivity contribution is 5.15. The fraction of sp³-hybridized carbons (Fsp3) is 0.667. The van der Waals surface area contributed by atoms with Crippen LogP contribution in [-0.2, 0) is 0 Å². The Bertz CT molecular complexity index is 260. The molecule has 0 amide bonds. The van der Waals surface area contributed by atoms with Gasteiger partial charge in [0.2, 0.25) is 0 Å². The largest absolute Gasteiger partial charge is 0.346 e. The van der Waals surface area contributed by atoms with Gasteiger partial charge in [-0.1, -0.05) is 19.3 Å². The second-order valence-corrected chi connectivity index (χ2v) is 4.28. The molecule has 0 unspecified atom stereocenters. The number of hydrogen-bond donors (Lipinski definition) is 0. The molecule has 1 heteroatoms. The van der Waals surface area contributed by atoms with E-state index in [1.54, 1.807) is 0 Å². The first kappa shape index (κ1) is 8.86. The van der Waals surface area contributed by atoms with Crippen LogP contribution in [0.5, 0.6) is 0 Å². The van der Waals surface area contributed by atoms with E-state index in [-0.39, 0.29) is 0 Å². The van der Waals surface area contributed by atoms with Crippen molar-refractivity contribution in [1.82, 2.24) is 4.57 Å². The fourth-order valence-corrected chi connectivity index (χ4v) is 2.60. The summed E-state index contributed by atoms with van der Waals surface area (Å²) < 4.78 is 2.53. The van der Waals surface area contributed by atoms with Gasteiger partial charge in [-0.2, -0.15) is 0 Å². The van der Waals surface area contributed by atoms with Crippen molar-refractivity contribution in [2.45, 2.75) is 52.0 Å². The Hall–Kier alpha value is -0.720. The monoisotopic (exact) mass is 177 g/mol. The maximum absolute atomic E-state index is 2.53. The van der Waals surface area contributed by atoms with Crippen LogP contribution in [0.2, 0.25) is 0 Å². The maximum Gasteiger partial charge on any atom is 0.0335 e. The van der Waals surface area contributed by atoms with E-state index in [1.807, 2.05) is 0 Å². The van der Waals surface area contributed by atoms with Crippen LogP contribution in [0.15, 0.2) is 12.1 Å². The number of aromatic nitrogens is 1. The maximum atomic E-state index is 2.53. The van der Waals surface area contributed by atoms with Crippen molar-refractivity contribution in [2.75, 3.05) is 0 Å². The Morgan fingerprint density at radius 2 is 1.54 bits per heavy atom. The van der Waals surface area contributed by atoms with Gasteiger partial charge in [-0.3, -0.25) is 0 Å². The lowest BCUT2D eigenvalue weighted by atomic mass is 9.95. The Balaban J connectivity index is 2.22. The van der Waals surface area contributed by atoms with Gasteiger partial charge >= 0.3 is 0 Å². The van der Waals surface area contributed by atoms with E-state index in [1.165, 1.54) is 43.5 Å². The average molecular weight is 177 g/mol. The smallest absolute Gasteiger partial charge is 0.0335 e. The molecule has 1 aliphatic rings. The quantitative estimate of drug-likeness (QED) is 0.617. The lowest BCUT2D eigenvalue weighted by Crippen LogP contribution is -2.14. The van der Waals surface area contributed by atoms with Crippen molar-refractivity contribution in [3.8, 4) is 0 Å². The Morgan fingerprint density at radius 3 is 2.08 bits per heavy atom. The normalized spacial score (nSPS) is 19.2.